The van der Waals surface area contributed by atoms with Crippen molar-refractivity contribution in [3.8, 4) is 23.0 Å². The van der Waals surface area contributed by atoms with E-state index in [2.05, 4.69) is 9.97 Å². The molecule has 2 aliphatic carbocycles. The number of benzene rings is 2. The summed E-state index contributed by atoms with van der Waals surface area (Å²) in [4.78, 5) is 69.0. The highest BCUT2D eigenvalue weighted by molar-refractivity contribution is 6.15. The van der Waals surface area contributed by atoms with Gasteiger partial charge in [0.05, 0.1) is 50.9 Å². The average molecular weight is 847 g/mol. The summed E-state index contributed by atoms with van der Waals surface area (Å²) in [6.07, 6.45) is 11.4. The third kappa shape index (κ3) is 8.37. The number of rotatable bonds is 12. The van der Waals surface area contributed by atoms with Crippen LogP contribution in [0.2, 0.25) is 0 Å². The third-order valence-corrected chi connectivity index (χ3v) is 12.1. The van der Waals surface area contributed by atoms with Gasteiger partial charge in [-0.2, -0.15) is 0 Å². The van der Waals surface area contributed by atoms with Crippen LogP contribution in [0, 0.1) is 0 Å². The zero-order chi connectivity index (χ0) is 43.7. The number of aromatic nitrogens is 4. The summed E-state index contributed by atoms with van der Waals surface area (Å²) in [5.41, 5.74) is 5.70. The van der Waals surface area contributed by atoms with E-state index < -0.39 is 24.1 Å². The predicted molar refractivity (Wildman–Crippen MR) is 228 cm³/mol. The molecule has 16 heteroatoms. The Bertz CT molecular complexity index is 2440. The quantitative estimate of drug-likeness (QED) is 0.141. The van der Waals surface area contributed by atoms with Gasteiger partial charge in [0, 0.05) is 85.1 Å². The minimum atomic E-state index is -0.635. The molecular formula is C46H50N6O10. The van der Waals surface area contributed by atoms with E-state index in [1.807, 2.05) is 38.1 Å². The summed E-state index contributed by atoms with van der Waals surface area (Å²) in [6, 6.07) is 7.53. The largest absolute Gasteiger partial charge is 0.493 e. The Balaban J connectivity index is 0.950. The van der Waals surface area contributed by atoms with Crippen LogP contribution in [0.5, 0.6) is 23.0 Å². The summed E-state index contributed by atoms with van der Waals surface area (Å²) in [6.45, 7) is 4.70. The number of carbonyl (C=O) groups excluding carboxylic acids is 2. The average Bonchev–Trinajstić information content (AvgIpc) is 3.27. The molecule has 2 saturated carbocycles. The van der Waals surface area contributed by atoms with Crippen LogP contribution in [0.3, 0.4) is 0 Å². The van der Waals surface area contributed by atoms with Crippen LogP contribution < -0.4 is 30.3 Å². The van der Waals surface area contributed by atoms with E-state index in [-0.39, 0.29) is 35.3 Å². The molecule has 324 valence electrons. The Hall–Kier alpha value is -6.58. The van der Waals surface area contributed by atoms with Gasteiger partial charge in [0.2, 0.25) is 0 Å². The number of methoxy groups -OCH3 is 2. The molecule has 4 heterocycles. The zero-order valence-electron chi connectivity index (χ0n) is 35.7. The first kappa shape index (κ1) is 42.1. The lowest BCUT2D eigenvalue weighted by molar-refractivity contribution is -0.147. The van der Waals surface area contributed by atoms with Gasteiger partial charge in [-0.15, -0.1) is 0 Å². The van der Waals surface area contributed by atoms with Gasteiger partial charge in [-0.05, 0) is 87.8 Å². The van der Waals surface area contributed by atoms with Gasteiger partial charge in [-0.1, -0.05) is 0 Å². The van der Waals surface area contributed by atoms with E-state index in [9.17, 15) is 19.2 Å². The Morgan fingerprint density at radius 1 is 0.645 bits per heavy atom. The highest BCUT2D eigenvalue weighted by Crippen LogP contribution is 2.47. The van der Waals surface area contributed by atoms with Crippen LogP contribution in [-0.2, 0) is 33.2 Å². The lowest BCUT2D eigenvalue weighted by atomic mass is 9.74. The summed E-state index contributed by atoms with van der Waals surface area (Å²) < 4.78 is 38.0. The summed E-state index contributed by atoms with van der Waals surface area (Å²) in [5.74, 6) is 0.843. The van der Waals surface area contributed by atoms with Crippen molar-refractivity contribution in [2.75, 3.05) is 27.4 Å². The molecule has 2 aliphatic heterocycles. The molecule has 0 N–H and O–H groups in total. The SMILES string of the molecule is CCOc1cc2c(cc1OC)C(c1cnc(=O)n(C)c1)=N[C@@H]1CC[C@@H](OC(=O)/C=C/C(=O)O[C@@H]3CC[C@H]4N=C(c5cnc(=O)n(C)c5)c5cc(OC)c(OCC)cc5[C@H]4C3)C[C@H]21. The van der Waals surface area contributed by atoms with Gasteiger partial charge in [0.1, 0.15) is 12.2 Å². The first-order chi connectivity index (χ1) is 30.0. The molecule has 2 fully saturated rings. The standard InChI is InChI=1S/C46H50N6O10/c1-7-59-39-17-29-31-15-27(9-11-35(31)49-43(33(29)19-37(39)57-5)25-21-47-45(55)51(3)23-25)61-41(53)13-14-42(54)62-28-10-12-36-32(16-28)30-18-40(60-8-2)38(58-6)20-34(30)44(50-36)26-22-48-46(56)52(4)24-26/h13-14,17-24,27-28,31-32,35-36H,7-12,15-16H2,1-6H3/b14-13+/t27-,28-,31-,32-,35-,36-/m1/s1. The molecule has 6 atom stereocenters. The smallest absolute Gasteiger partial charge is 0.347 e. The van der Waals surface area contributed by atoms with E-state index >= 15 is 0 Å². The van der Waals surface area contributed by atoms with Crippen molar-refractivity contribution in [3.05, 3.63) is 116 Å². The Morgan fingerprint density at radius 2 is 1.06 bits per heavy atom. The summed E-state index contributed by atoms with van der Waals surface area (Å²) >= 11 is 0. The predicted octanol–water partition coefficient (Wildman–Crippen LogP) is 4.74. The summed E-state index contributed by atoms with van der Waals surface area (Å²) in [5, 5.41) is 0. The zero-order valence-corrected chi connectivity index (χ0v) is 35.7. The number of esters is 2. The van der Waals surface area contributed by atoms with Gasteiger partial charge < -0.3 is 37.6 Å². The number of hydrogen-bond acceptors (Lipinski definition) is 14. The van der Waals surface area contributed by atoms with Gasteiger partial charge >= 0.3 is 23.3 Å². The Morgan fingerprint density at radius 3 is 1.44 bits per heavy atom. The molecule has 0 spiro atoms. The molecule has 4 aromatic rings. The van der Waals surface area contributed by atoms with Crippen molar-refractivity contribution in [2.45, 2.75) is 88.5 Å². The van der Waals surface area contributed by atoms with Gasteiger partial charge in [0.25, 0.3) is 0 Å². The maximum atomic E-state index is 13.2. The fraction of sp³-hybridized carbons (Fsp3) is 0.435. The number of aliphatic imine (C=N–C) groups is 2. The molecule has 0 amide bonds. The minimum Gasteiger partial charge on any atom is -0.493 e. The summed E-state index contributed by atoms with van der Waals surface area (Å²) in [7, 11) is 6.47. The first-order valence-electron chi connectivity index (χ1n) is 21.0. The second-order valence-corrected chi connectivity index (χ2v) is 15.9. The fourth-order valence-electron chi connectivity index (χ4n) is 9.20. The van der Waals surface area contributed by atoms with Gasteiger partial charge in [-0.25, -0.2) is 29.1 Å². The lowest BCUT2D eigenvalue weighted by Gasteiger charge is -2.38. The van der Waals surface area contributed by atoms with Gasteiger partial charge in [-0.3, -0.25) is 9.98 Å². The molecule has 8 rings (SSSR count). The van der Waals surface area contributed by atoms with Crippen LogP contribution in [0.4, 0.5) is 0 Å². The molecule has 0 unspecified atom stereocenters. The molecule has 0 saturated heterocycles. The molecule has 2 aromatic carbocycles. The van der Waals surface area contributed by atoms with Crippen molar-refractivity contribution in [3.63, 3.8) is 0 Å². The number of hydrogen-bond donors (Lipinski definition) is 0. The number of aryl methyl sites for hydroxylation is 2. The maximum absolute atomic E-state index is 13.2. The van der Waals surface area contributed by atoms with Crippen LogP contribution in [0.25, 0.3) is 0 Å². The highest BCUT2D eigenvalue weighted by atomic mass is 16.6. The van der Waals surface area contributed by atoms with E-state index in [0.29, 0.717) is 97.3 Å². The van der Waals surface area contributed by atoms with E-state index in [0.717, 1.165) is 34.4 Å². The second kappa shape index (κ2) is 17.8. The molecule has 16 nitrogen and oxygen atoms in total. The number of carbonyl (C=O) groups is 2. The van der Waals surface area contributed by atoms with Crippen LogP contribution >= 0.6 is 0 Å². The number of nitrogens with zero attached hydrogens (tertiary/aromatic N) is 6. The molecule has 62 heavy (non-hydrogen) atoms. The Kier molecular flexibility index (Phi) is 12.1. The molecular weight excluding hydrogens is 797 g/mol. The maximum Gasteiger partial charge on any atom is 0.347 e. The highest BCUT2D eigenvalue weighted by Gasteiger charge is 2.41. The number of fused-ring (bicyclic) bond motifs is 6. The van der Waals surface area contributed by atoms with Crippen molar-refractivity contribution in [1.29, 1.82) is 0 Å². The van der Waals surface area contributed by atoms with Crippen LogP contribution in [0.1, 0.15) is 97.6 Å². The van der Waals surface area contributed by atoms with Crippen molar-refractivity contribution in [1.82, 2.24) is 19.1 Å². The lowest BCUT2D eigenvalue weighted by Crippen LogP contribution is -2.36. The first-order valence-corrected chi connectivity index (χ1v) is 21.0. The third-order valence-electron chi connectivity index (χ3n) is 12.1. The van der Waals surface area contributed by atoms with E-state index in [1.54, 1.807) is 40.7 Å². The van der Waals surface area contributed by atoms with Crippen molar-refractivity contribution >= 4 is 23.4 Å². The molecule has 2 aromatic heterocycles. The van der Waals surface area contributed by atoms with E-state index in [1.165, 1.54) is 21.5 Å². The van der Waals surface area contributed by atoms with E-state index in [4.69, 9.17) is 38.4 Å². The minimum absolute atomic E-state index is 0.0935. The monoisotopic (exact) mass is 846 g/mol. The topological polar surface area (TPSA) is 184 Å². The van der Waals surface area contributed by atoms with Crippen LogP contribution in [0.15, 0.2) is 80.8 Å². The van der Waals surface area contributed by atoms with Crippen LogP contribution in [-0.4, -0.2) is 94.2 Å². The Labute approximate surface area is 358 Å². The number of ether oxygens (including phenoxy) is 6. The van der Waals surface area contributed by atoms with Crippen molar-refractivity contribution in [2.24, 2.45) is 24.1 Å². The normalized spacial score (nSPS) is 22.5. The molecule has 4 aliphatic rings. The van der Waals surface area contributed by atoms with Crippen molar-refractivity contribution < 1.29 is 38.0 Å². The molecule has 0 radical (unpaired) electrons. The van der Waals surface area contributed by atoms with Gasteiger partial charge in [0.15, 0.2) is 23.0 Å². The fourth-order valence-corrected chi connectivity index (χ4v) is 9.20. The second-order valence-electron chi connectivity index (χ2n) is 15.9. The molecule has 0 bridgehead atoms.